The number of ether oxygens (including phenoxy) is 1. The van der Waals surface area contributed by atoms with Crippen molar-refractivity contribution in [2.24, 2.45) is 5.92 Å². The Kier molecular flexibility index (Phi) is 19.9. The lowest BCUT2D eigenvalue weighted by molar-refractivity contribution is -0.163. The van der Waals surface area contributed by atoms with Crippen molar-refractivity contribution in [3.05, 3.63) is 71.2 Å². The van der Waals surface area contributed by atoms with Crippen molar-refractivity contribution in [1.82, 2.24) is 4.90 Å². The van der Waals surface area contributed by atoms with E-state index in [0.29, 0.717) is 12.4 Å². The first-order chi connectivity index (χ1) is 19.7. The van der Waals surface area contributed by atoms with Crippen LogP contribution in [0.25, 0.3) is 10.4 Å². The number of allylic oxidation sites excluding steroid dienone is 6. The average molecular weight is 584 g/mol. The van der Waals surface area contributed by atoms with E-state index in [1.54, 1.807) is 11.3 Å². The summed E-state index contributed by atoms with van der Waals surface area (Å²) in [6.07, 6.45) is 11.9. The molecule has 6 nitrogen and oxygen atoms in total. The van der Waals surface area contributed by atoms with Crippen LogP contribution in [0.5, 0.6) is 0 Å². The number of benzene rings is 1. The Bertz CT molecular complexity index is 1080. The van der Waals surface area contributed by atoms with E-state index in [1.165, 1.54) is 22.4 Å². The third-order valence-electron chi connectivity index (χ3n) is 6.80. The molecule has 7 heteroatoms. The van der Waals surface area contributed by atoms with Gasteiger partial charge in [-0.05, 0) is 68.8 Å². The molecular formula is C34H53N3O3S. The van der Waals surface area contributed by atoms with E-state index in [9.17, 15) is 9.59 Å². The lowest BCUT2D eigenvalue weighted by Gasteiger charge is -2.46. The second-order valence-electron chi connectivity index (χ2n) is 9.77. The molecular weight excluding hydrogens is 530 g/mol. The van der Waals surface area contributed by atoms with Crippen LogP contribution in [0.3, 0.4) is 0 Å². The van der Waals surface area contributed by atoms with E-state index in [1.807, 2.05) is 79.1 Å². The number of likely N-dealkylation sites (N-methyl/N-ethyl adjacent to an activating group) is 1. The summed E-state index contributed by atoms with van der Waals surface area (Å²) in [5.74, 6) is 0.700. The first-order valence-electron chi connectivity index (χ1n) is 14.6. The Hall–Kier alpha value is -3.16. The first kappa shape index (κ1) is 37.8. The van der Waals surface area contributed by atoms with Gasteiger partial charge in [0.05, 0.1) is 11.4 Å². The van der Waals surface area contributed by atoms with Gasteiger partial charge in [0.25, 0.3) is 6.47 Å². The maximum absolute atomic E-state index is 10.6. The number of nitrogens with zero attached hydrogens (tertiary/aromatic N) is 1. The van der Waals surface area contributed by atoms with Gasteiger partial charge in [0.2, 0.25) is 0 Å². The van der Waals surface area contributed by atoms with Crippen molar-refractivity contribution in [2.45, 2.75) is 73.3 Å². The second-order valence-corrected chi connectivity index (χ2v) is 10.7. The third kappa shape index (κ3) is 13.8. The summed E-state index contributed by atoms with van der Waals surface area (Å²) in [6.45, 7) is 16.7. The smallest absolute Gasteiger partial charge is 0.293 e. The molecule has 0 spiro atoms. The minimum atomic E-state index is -0.156. The quantitative estimate of drug-likeness (QED) is 0.120. The zero-order valence-electron chi connectivity index (χ0n) is 26.7. The van der Waals surface area contributed by atoms with Crippen molar-refractivity contribution in [3.8, 4) is 10.4 Å². The minimum absolute atomic E-state index is 0.156. The molecule has 1 aliphatic heterocycles. The minimum Gasteiger partial charge on any atom is -0.459 e. The highest BCUT2D eigenvalue weighted by atomic mass is 32.1. The number of nitrogens with two attached hydrogens (primary N) is 1. The normalized spacial score (nSPS) is 15.0. The molecule has 1 aliphatic rings. The maximum atomic E-state index is 10.6. The number of nitrogens with one attached hydrogen (secondary N) is 1. The maximum Gasteiger partial charge on any atom is 0.293 e. The van der Waals surface area contributed by atoms with Crippen molar-refractivity contribution < 1.29 is 14.3 Å². The van der Waals surface area contributed by atoms with E-state index in [4.69, 9.17) is 10.5 Å². The molecule has 41 heavy (non-hydrogen) atoms. The fourth-order valence-corrected chi connectivity index (χ4v) is 4.75. The zero-order chi connectivity index (χ0) is 31.3. The van der Waals surface area contributed by atoms with Crippen molar-refractivity contribution >= 4 is 35.5 Å². The van der Waals surface area contributed by atoms with E-state index >= 15 is 0 Å². The molecule has 3 rings (SSSR count). The summed E-state index contributed by atoms with van der Waals surface area (Å²) in [6, 6.07) is 10.2. The molecule has 1 fully saturated rings. The van der Waals surface area contributed by atoms with Crippen LogP contribution in [-0.2, 0) is 14.3 Å². The Morgan fingerprint density at radius 1 is 1.15 bits per heavy atom. The molecule has 1 aromatic carbocycles. The van der Waals surface area contributed by atoms with Crippen LogP contribution in [-0.4, -0.2) is 50.4 Å². The van der Waals surface area contributed by atoms with Crippen LogP contribution in [0.2, 0.25) is 0 Å². The monoisotopic (exact) mass is 583 g/mol. The molecule has 1 atom stereocenters. The third-order valence-corrected chi connectivity index (χ3v) is 7.72. The number of anilines is 2. The first-order valence-corrected chi connectivity index (χ1v) is 15.4. The van der Waals surface area contributed by atoms with Gasteiger partial charge in [-0.2, -0.15) is 0 Å². The summed E-state index contributed by atoms with van der Waals surface area (Å²) < 4.78 is 4.96. The van der Waals surface area contributed by atoms with Crippen LogP contribution in [0.15, 0.2) is 71.2 Å². The predicted octanol–water partition coefficient (Wildman–Crippen LogP) is 8.39. The largest absolute Gasteiger partial charge is 0.459 e. The molecule has 2 aromatic rings. The average Bonchev–Trinajstić information content (AvgIpc) is 3.53. The number of likely N-dealkylation sites (tertiary alicyclic amines) is 1. The molecule has 1 saturated heterocycles. The summed E-state index contributed by atoms with van der Waals surface area (Å²) in [4.78, 5) is 24.0. The molecule has 0 radical (unpaired) electrons. The van der Waals surface area contributed by atoms with Gasteiger partial charge in [0.15, 0.2) is 0 Å². The Balaban J connectivity index is 0.000000577. The highest BCUT2D eigenvalue weighted by molar-refractivity contribution is 7.13. The SMILES string of the molecule is CC.CCC1(OC=O)CN(C)C1.CNc1cc(-c2cccs2)ccc1N.C\C=C(/C=C\C(C=O)=C/C)CC(C)CC. The number of rotatable bonds is 11. The topological polar surface area (TPSA) is 84.7 Å². The number of carbonyl (C=O) groups is 2. The summed E-state index contributed by atoms with van der Waals surface area (Å²) in [5.41, 5.74) is 10.6. The lowest BCUT2D eigenvalue weighted by Crippen LogP contribution is -2.60. The Morgan fingerprint density at radius 2 is 1.83 bits per heavy atom. The Morgan fingerprint density at radius 3 is 2.27 bits per heavy atom. The van der Waals surface area contributed by atoms with Gasteiger partial charge >= 0.3 is 0 Å². The summed E-state index contributed by atoms with van der Waals surface area (Å²) >= 11 is 1.73. The van der Waals surface area contributed by atoms with Crippen molar-refractivity contribution in [1.29, 1.82) is 0 Å². The molecule has 2 heterocycles. The number of nitrogen functional groups attached to an aromatic ring is 1. The molecule has 228 valence electrons. The second kappa shape index (κ2) is 21.6. The highest BCUT2D eigenvalue weighted by Crippen LogP contribution is 2.29. The van der Waals surface area contributed by atoms with Gasteiger partial charge in [-0.15, -0.1) is 11.3 Å². The van der Waals surface area contributed by atoms with Crippen LogP contribution in [0.1, 0.15) is 67.7 Å². The molecule has 0 aliphatic carbocycles. The van der Waals surface area contributed by atoms with E-state index in [2.05, 4.69) is 53.7 Å². The zero-order valence-corrected chi connectivity index (χ0v) is 27.5. The van der Waals surface area contributed by atoms with E-state index in [-0.39, 0.29) is 5.60 Å². The molecule has 3 N–H and O–H groups in total. The lowest BCUT2D eigenvalue weighted by atomic mass is 9.92. The van der Waals surface area contributed by atoms with Crippen molar-refractivity contribution in [3.63, 3.8) is 0 Å². The summed E-state index contributed by atoms with van der Waals surface area (Å²) in [7, 11) is 3.89. The van der Waals surface area contributed by atoms with Crippen LogP contribution in [0.4, 0.5) is 11.4 Å². The fourth-order valence-electron chi connectivity index (χ4n) is 4.03. The van der Waals surface area contributed by atoms with Gasteiger partial charge in [-0.3, -0.25) is 14.5 Å². The standard InChI is InChI=1S/C14H22O.C11H12N2S.C7H13NO2.C2H6/c1-5-12(4)10-13(6-2)8-9-14(7-3)11-15;1-13-10-7-8(4-5-9(10)12)11-3-2-6-14-11;1-3-7(10-6-9)4-8(2)5-7;1-2/h6-9,11-12H,5,10H2,1-4H3;2-7,13H,12H2,1H3;6H,3-5H2,1-2H3;1-2H3/b9-8-,13-6+,14-7+;;;. The number of thiophene rings is 1. The highest BCUT2D eigenvalue weighted by Gasteiger charge is 2.41. The number of hydrogen-bond donors (Lipinski definition) is 2. The molecule has 1 unspecified atom stereocenters. The van der Waals surface area contributed by atoms with Crippen LogP contribution < -0.4 is 11.1 Å². The van der Waals surface area contributed by atoms with Gasteiger partial charge in [-0.1, -0.05) is 83.0 Å². The van der Waals surface area contributed by atoms with Gasteiger partial charge in [0.1, 0.15) is 11.9 Å². The number of aldehydes is 1. The van der Waals surface area contributed by atoms with Crippen molar-refractivity contribution in [2.75, 3.05) is 38.2 Å². The molecule has 0 bridgehead atoms. The van der Waals surface area contributed by atoms with E-state index < -0.39 is 0 Å². The molecule has 0 amide bonds. The van der Waals surface area contributed by atoms with Crippen LogP contribution >= 0.6 is 11.3 Å². The Labute approximate surface area is 253 Å². The predicted molar refractivity (Wildman–Crippen MR) is 180 cm³/mol. The van der Waals surface area contributed by atoms with Gasteiger partial charge < -0.3 is 15.8 Å². The fraction of sp³-hybridized carbons (Fsp3) is 0.471. The number of carbonyl (C=O) groups excluding carboxylic acids is 2. The molecule has 1 aromatic heterocycles. The van der Waals surface area contributed by atoms with Gasteiger partial charge in [-0.25, -0.2) is 0 Å². The molecule has 0 saturated carbocycles. The van der Waals surface area contributed by atoms with Gasteiger partial charge in [0, 0.05) is 30.6 Å². The number of hydrogen-bond acceptors (Lipinski definition) is 7. The summed E-state index contributed by atoms with van der Waals surface area (Å²) in [5, 5.41) is 5.15. The van der Waals surface area contributed by atoms with Crippen LogP contribution in [0, 0.1) is 5.92 Å². The van der Waals surface area contributed by atoms with E-state index in [0.717, 1.165) is 49.2 Å².